The quantitative estimate of drug-likeness (QED) is 0.808. The van der Waals surface area contributed by atoms with E-state index in [1.54, 1.807) is 0 Å². The van der Waals surface area contributed by atoms with Crippen molar-refractivity contribution in [1.29, 1.82) is 0 Å². The Morgan fingerprint density at radius 2 is 1.91 bits per heavy atom. The SMILES string of the molecule is CC(C)(C)OC(=O)NC([C@H]1C=CC(C)(C)O1)[C@H]1COC(C)(C)O1. The maximum absolute atomic E-state index is 12.2. The molecule has 2 rings (SSSR count). The lowest BCUT2D eigenvalue weighted by atomic mass is 10.1. The molecule has 0 radical (unpaired) electrons. The fraction of sp³-hybridized carbons (Fsp3) is 0.824. The Morgan fingerprint density at radius 1 is 1.26 bits per heavy atom. The third-order valence-electron chi connectivity index (χ3n) is 3.60. The number of hydrogen-bond donors (Lipinski definition) is 1. The molecule has 132 valence electrons. The van der Waals surface area contributed by atoms with E-state index in [1.807, 2.05) is 60.6 Å². The average Bonchev–Trinajstić information content (AvgIpc) is 2.86. The Balaban J connectivity index is 2.10. The molecule has 0 aliphatic carbocycles. The predicted molar refractivity (Wildman–Crippen MR) is 86.2 cm³/mol. The largest absolute Gasteiger partial charge is 0.444 e. The van der Waals surface area contributed by atoms with Gasteiger partial charge >= 0.3 is 6.09 Å². The highest BCUT2D eigenvalue weighted by Crippen LogP contribution is 2.30. The zero-order valence-electron chi connectivity index (χ0n) is 15.1. The monoisotopic (exact) mass is 327 g/mol. The van der Waals surface area contributed by atoms with E-state index in [4.69, 9.17) is 18.9 Å². The van der Waals surface area contributed by atoms with Crippen LogP contribution in [0.15, 0.2) is 12.2 Å². The first-order valence-corrected chi connectivity index (χ1v) is 8.05. The molecule has 0 saturated carbocycles. The van der Waals surface area contributed by atoms with E-state index >= 15 is 0 Å². The third kappa shape index (κ3) is 5.19. The van der Waals surface area contributed by atoms with E-state index in [0.717, 1.165) is 0 Å². The minimum Gasteiger partial charge on any atom is -0.444 e. The van der Waals surface area contributed by atoms with Gasteiger partial charge in [0.2, 0.25) is 0 Å². The van der Waals surface area contributed by atoms with Crippen LogP contribution in [0.3, 0.4) is 0 Å². The standard InChI is InChI=1S/C17H29NO5/c1-15(2,3)23-14(19)18-13(11-8-9-16(4,5)21-11)12-10-20-17(6,7)22-12/h8-9,11-13H,10H2,1-7H3,(H,18,19)/t11-,12-,13?/m1/s1. The summed E-state index contributed by atoms with van der Waals surface area (Å²) >= 11 is 0. The summed E-state index contributed by atoms with van der Waals surface area (Å²) in [6.45, 7) is 13.5. The molecule has 2 heterocycles. The fourth-order valence-electron chi connectivity index (χ4n) is 2.67. The van der Waals surface area contributed by atoms with Gasteiger partial charge in [-0.1, -0.05) is 12.2 Å². The summed E-state index contributed by atoms with van der Waals surface area (Å²) in [7, 11) is 0. The number of carbonyl (C=O) groups is 1. The van der Waals surface area contributed by atoms with E-state index < -0.39 is 17.5 Å². The molecule has 6 heteroatoms. The zero-order valence-corrected chi connectivity index (χ0v) is 15.1. The van der Waals surface area contributed by atoms with Crippen LogP contribution in [-0.2, 0) is 18.9 Å². The molecule has 2 aliphatic rings. The summed E-state index contributed by atoms with van der Waals surface area (Å²) < 4.78 is 22.9. The van der Waals surface area contributed by atoms with Gasteiger partial charge in [0, 0.05) is 0 Å². The molecule has 0 aromatic carbocycles. The number of rotatable bonds is 3. The summed E-state index contributed by atoms with van der Waals surface area (Å²) in [5, 5.41) is 2.89. The van der Waals surface area contributed by atoms with Gasteiger partial charge in [0.1, 0.15) is 11.7 Å². The number of nitrogens with one attached hydrogen (secondary N) is 1. The Kier molecular flexibility index (Phi) is 4.81. The van der Waals surface area contributed by atoms with Crippen LogP contribution in [0, 0.1) is 0 Å². The van der Waals surface area contributed by atoms with Gasteiger partial charge < -0.3 is 24.3 Å². The summed E-state index contributed by atoms with van der Waals surface area (Å²) in [6, 6.07) is -0.385. The van der Waals surface area contributed by atoms with Gasteiger partial charge in [-0.2, -0.15) is 0 Å². The maximum Gasteiger partial charge on any atom is 0.408 e. The number of alkyl carbamates (subject to hydrolysis) is 1. The Hall–Kier alpha value is -1.11. The van der Waals surface area contributed by atoms with Crippen molar-refractivity contribution in [2.24, 2.45) is 0 Å². The van der Waals surface area contributed by atoms with Crippen molar-refractivity contribution in [1.82, 2.24) is 5.32 Å². The van der Waals surface area contributed by atoms with Crippen LogP contribution in [0.1, 0.15) is 48.5 Å². The molecule has 0 aromatic rings. The Morgan fingerprint density at radius 3 is 2.35 bits per heavy atom. The summed E-state index contributed by atoms with van der Waals surface area (Å²) in [5.74, 6) is -0.670. The Labute approximate surface area is 138 Å². The number of carbonyl (C=O) groups excluding carboxylic acids is 1. The summed E-state index contributed by atoms with van der Waals surface area (Å²) in [5.41, 5.74) is -0.930. The molecule has 1 fully saturated rings. The maximum atomic E-state index is 12.2. The van der Waals surface area contributed by atoms with Gasteiger partial charge in [0.25, 0.3) is 0 Å². The second-order valence-corrected chi connectivity index (χ2v) is 8.08. The van der Waals surface area contributed by atoms with E-state index in [2.05, 4.69) is 5.32 Å². The second kappa shape index (κ2) is 6.07. The van der Waals surface area contributed by atoms with Crippen LogP contribution in [0.4, 0.5) is 4.79 Å². The molecule has 0 spiro atoms. The van der Waals surface area contributed by atoms with Crippen molar-refractivity contribution >= 4 is 6.09 Å². The van der Waals surface area contributed by atoms with Crippen LogP contribution >= 0.6 is 0 Å². The lowest BCUT2D eigenvalue weighted by Gasteiger charge is -2.31. The van der Waals surface area contributed by atoms with Crippen LogP contribution in [0.25, 0.3) is 0 Å². The van der Waals surface area contributed by atoms with Crippen LogP contribution in [-0.4, -0.2) is 47.9 Å². The second-order valence-electron chi connectivity index (χ2n) is 8.08. The van der Waals surface area contributed by atoms with Crippen molar-refractivity contribution in [2.45, 2.75) is 83.7 Å². The highest BCUT2D eigenvalue weighted by molar-refractivity contribution is 5.68. The molecule has 0 aromatic heterocycles. The molecular weight excluding hydrogens is 298 g/mol. The van der Waals surface area contributed by atoms with Crippen molar-refractivity contribution in [3.63, 3.8) is 0 Å². The highest BCUT2D eigenvalue weighted by atomic mass is 16.7. The molecular formula is C17H29NO5. The zero-order chi connectivity index (χ0) is 17.5. The molecule has 23 heavy (non-hydrogen) atoms. The molecule has 3 atom stereocenters. The van der Waals surface area contributed by atoms with Crippen LogP contribution < -0.4 is 5.32 Å². The number of amides is 1. The van der Waals surface area contributed by atoms with Gasteiger partial charge in [-0.15, -0.1) is 0 Å². The lowest BCUT2D eigenvalue weighted by molar-refractivity contribution is -0.147. The smallest absolute Gasteiger partial charge is 0.408 e. The van der Waals surface area contributed by atoms with E-state index in [9.17, 15) is 4.79 Å². The van der Waals surface area contributed by atoms with E-state index in [0.29, 0.717) is 6.61 Å². The molecule has 1 unspecified atom stereocenters. The average molecular weight is 327 g/mol. The summed E-state index contributed by atoms with van der Waals surface area (Å²) in [4.78, 5) is 12.2. The molecule has 1 amide bonds. The van der Waals surface area contributed by atoms with Gasteiger partial charge in [0.15, 0.2) is 5.79 Å². The number of ether oxygens (including phenoxy) is 4. The molecule has 6 nitrogen and oxygen atoms in total. The summed E-state index contributed by atoms with van der Waals surface area (Å²) in [6.07, 6.45) is 2.86. The molecule has 1 saturated heterocycles. The van der Waals surface area contributed by atoms with Crippen LogP contribution in [0.2, 0.25) is 0 Å². The van der Waals surface area contributed by atoms with Crippen molar-refractivity contribution in [3.8, 4) is 0 Å². The van der Waals surface area contributed by atoms with Gasteiger partial charge in [0.05, 0.1) is 24.4 Å². The van der Waals surface area contributed by atoms with Gasteiger partial charge in [-0.3, -0.25) is 0 Å². The van der Waals surface area contributed by atoms with Gasteiger partial charge in [-0.05, 0) is 48.5 Å². The third-order valence-corrected chi connectivity index (χ3v) is 3.60. The van der Waals surface area contributed by atoms with E-state index in [1.165, 1.54) is 0 Å². The van der Waals surface area contributed by atoms with Crippen molar-refractivity contribution in [2.75, 3.05) is 6.61 Å². The van der Waals surface area contributed by atoms with Crippen molar-refractivity contribution < 1.29 is 23.7 Å². The molecule has 2 aliphatic heterocycles. The first-order chi connectivity index (χ1) is 10.4. The Bertz CT molecular complexity index is 478. The predicted octanol–water partition coefficient (Wildman–Crippen LogP) is 2.76. The van der Waals surface area contributed by atoms with Crippen molar-refractivity contribution in [3.05, 3.63) is 12.2 Å². The van der Waals surface area contributed by atoms with E-state index in [-0.39, 0.29) is 23.9 Å². The normalized spacial score (nSPS) is 30.2. The number of hydrogen-bond acceptors (Lipinski definition) is 5. The van der Waals surface area contributed by atoms with Gasteiger partial charge in [-0.25, -0.2) is 4.79 Å². The first-order valence-electron chi connectivity index (χ1n) is 8.05. The fourth-order valence-corrected chi connectivity index (χ4v) is 2.67. The minimum absolute atomic E-state index is 0.292. The minimum atomic E-state index is -0.670. The van der Waals surface area contributed by atoms with Crippen LogP contribution in [0.5, 0.6) is 0 Å². The molecule has 0 bridgehead atoms. The first kappa shape index (κ1) is 18.2. The molecule has 1 N–H and O–H groups in total. The lowest BCUT2D eigenvalue weighted by Crippen LogP contribution is -2.53. The topological polar surface area (TPSA) is 66.0 Å². The highest BCUT2D eigenvalue weighted by Gasteiger charge is 2.44.